The molecule has 1 saturated heterocycles. The highest BCUT2D eigenvalue weighted by atomic mass is 35.5. The van der Waals surface area contributed by atoms with Crippen molar-refractivity contribution in [2.45, 2.75) is 19.4 Å². The first-order valence-electron chi connectivity index (χ1n) is 7.35. The van der Waals surface area contributed by atoms with Gasteiger partial charge in [0.2, 0.25) is 0 Å². The molecule has 128 valence electrons. The van der Waals surface area contributed by atoms with Crippen molar-refractivity contribution in [1.82, 2.24) is 9.78 Å². The molecular formula is C15H16Cl2N4O2S. The summed E-state index contributed by atoms with van der Waals surface area (Å²) in [5.41, 5.74) is 5.05. The number of hydrogen-bond donors (Lipinski definition) is 1. The molecule has 0 radical (unpaired) electrons. The first kappa shape index (κ1) is 17.3. The van der Waals surface area contributed by atoms with Crippen molar-refractivity contribution in [3.05, 3.63) is 45.7 Å². The van der Waals surface area contributed by atoms with Crippen LogP contribution in [0.25, 0.3) is 0 Å². The zero-order valence-corrected chi connectivity index (χ0v) is 15.2. The molecule has 0 spiro atoms. The highest BCUT2D eigenvalue weighted by Gasteiger charge is 2.31. The molecule has 0 amide bonds. The Balaban J connectivity index is 1.77. The second-order valence-corrected chi connectivity index (χ2v) is 8.69. The van der Waals surface area contributed by atoms with E-state index in [4.69, 9.17) is 23.2 Å². The minimum Gasteiger partial charge on any atom is -0.279 e. The van der Waals surface area contributed by atoms with Crippen molar-refractivity contribution < 1.29 is 8.42 Å². The molecule has 9 heteroatoms. The molecule has 0 aliphatic carbocycles. The molecule has 1 fully saturated rings. The van der Waals surface area contributed by atoms with Crippen LogP contribution in [-0.4, -0.2) is 35.9 Å². The summed E-state index contributed by atoms with van der Waals surface area (Å²) in [6.07, 6.45) is 2.11. The fraction of sp³-hybridized carbons (Fsp3) is 0.333. The third kappa shape index (κ3) is 3.74. The van der Waals surface area contributed by atoms with Crippen LogP contribution in [-0.2, 0) is 9.84 Å². The van der Waals surface area contributed by atoms with Crippen molar-refractivity contribution in [2.75, 3.05) is 16.9 Å². The molecule has 1 N–H and O–H groups in total. The van der Waals surface area contributed by atoms with Gasteiger partial charge < -0.3 is 0 Å². The highest BCUT2D eigenvalue weighted by molar-refractivity contribution is 7.91. The summed E-state index contributed by atoms with van der Waals surface area (Å²) < 4.78 is 24.9. The van der Waals surface area contributed by atoms with Crippen molar-refractivity contribution in [3.63, 3.8) is 0 Å². The maximum atomic E-state index is 11.6. The van der Waals surface area contributed by atoms with Crippen LogP contribution in [0.2, 0.25) is 10.2 Å². The van der Waals surface area contributed by atoms with Crippen molar-refractivity contribution >= 4 is 44.9 Å². The van der Waals surface area contributed by atoms with Crippen molar-refractivity contribution in [2.24, 2.45) is 5.10 Å². The molecule has 1 atom stereocenters. The lowest BCUT2D eigenvalue weighted by atomic mass is 10.2. The van der Waals surface area contributed by atoms with Gasteiger partial charge in [0.15, 0.2) is 9.84 Å². The van der Waals surface area contributed by atoms with Crippen LogP contribution in [0.1, 0.15) is 23.7 Å². The van der Waals surface area contributed by atoms with E-state index in [2.05, 4.69) is 15.6 Å². The second kappa shape index (κ2) is 6.74. The molecule has 1 aliphatic rings. The molecule has 1 aromatic heterocycles. The van der Waals surface area contributed by atoms with Crippen LogP contribution >= 0.6 is 23.2 Å². The molecule has 1 aromatic carbocycles. The maximum Gasteiger partial charge on any atom is 0.152 e. The first-order chi connectivity index (χ1) is 11.4. The van der Waals surface area contributed by atoms with Gasteiger partial charge in [-0.1, -0.05) is 23.2 Å². The monoisotopic (exact) mass is 386 g/mol. The van der Waals surface area contributed by atoms with E-state index in [0.717, 1.165) is 5.69 Å². The predicted molar refractivity (Wildman–Crippen MR) is 97.0 cm³/mol. The lowest BCUT2D eigenvalue weighted by molar-refractivity contribution is 0.497. The Labute approximate surface area is 150 Å². The van der Waals surface area contributed by atoms with E-state index < -0.39 is 9.84 Å². The van der Waals surface area contributed by atoms with Crippen LogP contribution < -0.4 is 5.43 Å². The van der Waals surface area contributed by atoms with Crippen LogP contribution in [0.5, 0.6) is 0 Å². The summed E-state index contributed by atoms with van der Waals surface area (Å²) in [7, 11) is -3.00. The standard InChI is InChI=1S/C15H16Cl2N4O2S/c1-10-14(8-18-19-12-4-2-11(16)3-5-12)15(17)21(20-10)13-6-7-24(22,23)9-13/h2-5,8,13,19H,6-7,9H2,1H3/b18-8-/t13-/m1/s1. The zero-order chi connectivity index (χ0) is 17.3. The van der Waals surface area contributed by atoms with E-state index in [-0.39, 0.29) is 17.5 Å². The van der Waals surface area contributed by atoms with Crippen LogP contribution in [0, 0.1) is 6.92 Å². The van der Waals surface area contributed by atoms with E-state index in [1.165, 1.54) is 0 Å². The number of benzene rings is 1. The van der Waals surface area contributed by atoms with Gasteiger partial charge in [0.25, 0.3) is 0 Å². The lowest BCUT2D eigenvalue weighted by Crippen LogP contribution is -2.12. The maximum absolute atomic E-state index is 11.6. The van der Waals surface area contributed by atoms with Gasteiger partial charge in [-0.15, -0.1) is 0 Å². The Bertz CT molecular complexity index is 876. The average Bonchev–Trinajstić information content (AvgIpc) is 3.02. The Kier molecular flexibility index (Phi) is 4.85. The Morgan fingerprint density at radius 1 is 1.33 bits per heavy atom. The molecule has 0 bridgehead atoms. The van der Waals surface area contributed by atoms with Gasteiger partial charge in [-0.05, 0) is 37.6 Å². The second-order valence-electron chi connectivity index (χ2n) is 5.67. The van der Waals surface area contributed by atoms with Crippen molar-refractivity contribution in [1.29, 1.82) is 0 Å². The number of halogens is 2. The fourth-order valence-corrected chi connectivity index (χ4v) is 4.76. The summed E-state index contributed by atoms with van der Waals surface area (Å²) in [5.74, 6) is 0.252. The first-order valence-corrected chi connectivity index (χ1v) is 9.93. The molecular weight excluding hydrogens is 371 g/mol. The SMILES string of the molecule is Cc1nn([C@@H]2CCS(=O)(=O)C2)c(Cl)c1/C=N\Nc1ccc(Cl)cc1. The van der Waals surface area contributed by atoms with Crippen molar-refractivity contribution in [3.8, 4) is 0 Å². The summed E-state index contributed by atoms with van der Waals surface area (Å²) in [6.45, 7) is 1.81. The minimum absolute atomic E-state index is 0.0768. The summed E-state index contributed by atoms with van der Waals surface area (Å²) in [5, 5.41) is 9.58. The third-order valence-electron chi connectivity index (χ3n) is 3.86. The van der Waals surface area contributed by atoms with E-state index in [9.17, 15) is 8.42 Å². The van der Waals surface area contributed by atoms with Gasteiger partial charge in [0.1, 0.15) is 5.15 Å². The predicted octanol–water partition coefficient (Wildman–Crippen LogP) is 3.30. The molecule has 1 aliphatic heterocycles. The smallest absolute Gasteiger partial charge is 0.152 e. The number of nitrogens with zero attached hydrogens (tertiary/aromatic N) is 3. The summed E-state index contributed by atoms with van der Waals surface area (Å²) >= 11 is 12.2. The van der Waals surface area contributed by atoms with E-state index in [1.54, 1.807) is 35.2 Å². The Morgan fingerprint density at radius 2 is 2.04 bits per heavy atom. The molecule has 0 saturated carbocycles. The van der Waals surface area contributed by atoms with Crippen LogP contribution in [0.4, 0.5) is 5.69 Å². The number of aryl methyl sites for hydroxylation is 1. The molecule has 24 heavy (non-hydrogen) atoms. The fourth-order valence-electron chi connectivity index (χ4n) is 2.58. The Hall–Kier alpha value is -1.57. The van der Waals surface area contributed by atoms with E-state index in [0.29, 0.717) is 27.9 Å². The zero-order valence-electron chi connectivity index (χ0n) is 12.9. The minimum atomic E-state index is -3.00. The summed E-state index contributed by atoms with van der Waals surface area (Å²) in [6, 6.07) is 6.92. The number of aromatic nitrogens is 2. The number of sulfone groups is 1. The lowest BCUT2D eigenvalue weighted by Gasteiger charge is -2.09. The topological polar surface area (TPSA) is 76.3 Å². The molecule has 0 unspecified atom stereocenters. The molecule has 2 heterocycles. The van der Waals surface area contributed by atoms with Crippen LogP contribution in [0.3, 0.4) is 0 Å². The van der Waals surface area contributed by atoms with E-state index in [1.807, 2.05) is 6.92 Å². The number of hydrogen-bond acceptors (Lipinski definition) is 5. The van der Waals surface area contributed by atoms with Gasteiger partial charge in [-0.3, -0.25) is 5.43 Å². The number of anilines is 1. The number of rotatable bonds is 4. The quantitative estimate of drug-likeness (QED) is 0.645. The van der Waals surface area contributed by atoms with Gasteiger partial charge in [0.05, 0.1) is 40.7 Å². The molecule has 2 aromatic rings. The average molecular weight is 387 g/mol. The Morgan fingerprint density at radius 3 is 2.67 bits per heavy atom. The largest absolute Gasteiger partial charge is 0.279 e. The number of nitrogens with one attached hydrogen (secondary N) is 1. The van der Waals surface area contributed by atoms with Gasteiger partial charge >= 0.3 is 0 Å². The van der Waals surface area contributed by atoms with E-state index >= 15 is 0 Å². The summed E-state index contributed by atoms with van der Waals surface area (Å²) in [4.78, 5) is 0. The normalized spacial score (nSPS) is 19.9. The molecule has 3 rings (SSSR count). The van der Waals surface area contributed by atoms with Gasteiger partial charge in [-0.2, -0.15) is 10.2 Å². The van der Waals surface area contributed by atoms with Gasteiger partial charge in [-0.25, -0.2) is 13.1 Å². The highest BCUT2D eigenvalue weighted by Crippen LogP contribution is 2.29. The third-order valence-corrected chi connectivity index (χ3v) is 6.24. The van der Waals surface area contributed by atoms with Gasteiger partial charge in [0, 0.05) is 5.02 Å². The number of hydrazone groups is 1. The van der Waals surface area contributed by atoms with Crippen LogP contribution in [0.15, 0.2) is 29.4 Å². The molecule has 6 nitrogen and oxygen atoms in total.